The van der Waals surface area contributed by atoms with Crippen LogP contribution in [0.4, 0.5) is 5.69 Å². The first-order valence-electron chi connectivity index (χ1n) is 8.02. The summed E-state index contributed by atoms with van der Waals surface area (Å²) in [5.41, 5.74) is 1.69. The lowest BCUT2D eigenvalue weighted by Gasteiger charge is -2.17. The summed E-state index contributed by atoms with van der Waals surface area (Å²) in [4.78, 5) is 13.3. The van der Waals surface area contributed by atoms with Gasteiger partial charge in [0.1, 0.15) is 23.8 Å². The Morgan fingerprint density at radius 3 is 2.40 bits per heavy atom. The number of likely N-dealkylation sites (N-methyl/N-ethyl adjacent to an activating group) is 1. The summed E-state index contributed by atoms with van der Waals surface area (Å²) < 4.78 is 15.9. The fourth-order valence-electron chi connectivity index (χ4n) is 2.60. The molecule has 0 saturated heterocycles. The monoisotopic (exact) mass is 345 g/mol. The van der Waals surface area contributed by atoms with Gasteiger partial charge in [0.25, 0.3) is 5.91 Å². The van der Waals surface area contributed by atoms with Crippen molar-refractivity contribution in [3.05, 3.63) is 48.0 Å². The number of rotatable bonds is 8. The molecule has 1 amide bonds. The predicted molar refractivity (Wildman–Crippen MR) is 96.6 cm³/mol. The number of hydrogen-bond acceptors (Lipinski definition) is 4. The Morgan fingerprint density at radius 2 is 1.72 bits per heavy atom. The van der Waals surface area contributed by atoms with Crippen LogP contribution in [0.2, 0.25) is 0 Å². The molecule has 0 fully saturated rings. The highest BCUT2D eigenvalue weighted by atomic mass is 16.5. The van der Waals surface area contributed by atoms with Crippen molar-refractivity contribution in [2.45, 2.75) is 6.54 Å². The van der Waals surface area contributed by atoms with E-state index < -0.39 is 0 Å². The molecule has 2 aromatic carbocycles. The van der Waals surface area contributed by atoms with Gasteiger partial charge < -0.3 is 24.4 Å². The van der Waals surface area contributed by atoms with E-state index in [0.29, 0.717) is 24.5 Å². The van der Waals surface area contributed by atoms with Crippen molar-refractivity contribution >= 4 is 11.6 Å². The Morgan fingerprint density at radius 1 is 1.00 bits per heavy atom. The summed E-state index contributed by atoms with van der Waals surface area (Å²) in [6.45, 7) is 0.986. The number of anilines is 1. The van der Waals surface area contributed by atoms with Crippen LogP contribution in [0.15, 0.2) is 42.5 Å². The molecule has 0 spiro atoms. The maximum atomic E-state index is 12.3. The Hall–Kier alpha value is -2.73. The van der Waals surface area contributed by atoms with Crippen LogP contribution in [0.3, 0.4) is 0 Å². The summed E-state index contributed by atoms with van der Waals surface area (Å²) in [7, 11) is 6.79. The first-order chi connectivity index (χ1) is 12.1. The van der Waals surface area contributed by atoms with Crippen LogP contribution in [0, 0.1) is 0 Å². The largest absolute Gasteiger partial charge is 0.497 e. The van der Waals surface area contributed by atoms with Crippen molar-refractivity contribution in [3.63, 3.8) is 0 Å². The number of carbonyl (C=O) groups is 1. The van der Waals surface area contributed by atoms with Crippen LogP contribution < -0.4 is 24.4 Å². The molecule has 1 unspecified atom stereocenters. The lowest BCUT2D eigenvalue weighted by Crippen LogP contribution is -3.08. The summed E-state index contributed by atoms with van der Waals surface area (Å²) in [5.74, 6) is 2.07. The zero-order chi connectivity index (χ0) is 18.2. The molecule has 6 nitrogen and oxygen atoms in total. The Balaban J connectivity index is 1.98. The number of methoxy groups -OCH3 is 3. The van der Waals surface area contributed by atoms with Gasteiger partial charge in [0.05, 0.1) is 34.1 Å². The lowest BCUT2D eigenvalue weighted by atomic mass is 10.2. The Kier molecular flexibility index (Phi) is 6.65. The molecule has 0 bridgehead atoms. The zero-order valence-electron chi connectivity index (χ0n) is 15.1. The number of nitrogens with one attached hydrogen (secondary N) is 2. The molecule has 0 saturated carbocycles. The summed E-state index contributed by atoms with van der Waals surface area (Å²) in [6.07, 6.45) is 0. The van der Waals surface area contributed by atoms with Crippen LogP contribution in [-0.4, -0.2) is 40.8 Å². The number of carbonyl (C=O) groups excluding carboxylic acids is 1. The van der Waals surface area contributed by atoms with Crippen molar-refractivity contribution in [2.75, 3.05) is 40.2 Å². The quantitative estimate of drug-likeness (QED) is 0.759. The number of para-hydroxylation sites is 2. The van der Waals surface area contributed by atoms with Gasteiger partial charge in [-0.05, 0) is 24.3 Å². The fourth-order valence-corrected chi connectivity index (χ4v) is 2.60. The molecule has 1 atom stereocenters. The van der Waals surface area contributed by atoms with Crippen molar-refractivity contribution in [1.82, 2.24) is 0 Å². The number of amides is 1. The maximum absolute atomic E-state index is 12.3. The SMILES string of the molecule is COc1ccc(C[NH+](C)CC(=O)Nc2ccccc2OC)c(OC)c1. The lowest BCUT2D eigenvalue weighted by molar-refractivity contribution is -0.885. The van der Waals surface area contributed by atoms with Crippen LogP contribution in [-0.2, 0) is 11.3 Å². The van der Waals surface area contributed by atoms with Gasteiger partial charge in [-0.15, -0.1) is 0 Å². The minimum absolute atomic E-state index is 0.0746. The van der Waals surface area contributed by atoms with E-state index >= 15 is 0 Å². The van der Waals surface area contributed by atoms with E-state index in [1.54, 1.807) is 21.3 Å². The second kappa shape index (κ2) is 8.94. The van der Waals surface area contributed by atoms with Crippen LogP contribution >= 0.6 is 0 Å². The van der Waals surface area contributed by atoms with Crippen molar-refractivity contribution in [1.29, 1.82) is 0 Å². The third kappa shape index (κ3) is 5.12. The molecule has 0 radical (unpaired) electrons. The van der Waals surface area contributed by atoms with E-state index in [-0.39, 0.29) is 5.91 Å². The molecule has 2 aromatic rings. The molecule has 2 N–H and O–H groups in total. The van der Waals surface area contributed by atoms with Gasteiger partial charge in [0.15, 0.2) is 6.54 Å². The Bertz CT molecular complexity index is 718. The van der Waals surface area contributed by atoms with Crippen molar-refractivity contribution in [3.8, 4) is 17.2 Å². The summed E-state index contributed by atoms with van der Waals surface area (Å²) >= 11 is 0. The topological polar surface area (TPSA) is 61.2 Å². The molecule has 0 aromatic heterocycles. The van der Waals surface area contributed by atoms with E-state index in [0.717, 1.165) is 22.0 Å². The normalized spacial score (nSPS) is 11.5. The predicted octanol–water partition coefficient (Wildman–Crippen LogP) is 1.37. The van der Waals surface area contributed by atoms with Gasteiger partial charge in [0.2, 0.25) is 0 Å². The molecule has 0 aliphatic rings. The average Bonchev–Trinajstić information content (AvgIpc) is 2.62. The average molecular weight is 345 g/mol. The fraction of sp³-hybridized carbons (Fsp3) is 0.316. The number of quaternary nitrogens is 1. The van der Waals surface area contributed by atoms with Crippen molar-refractivity contribution < 1.29 is 23.9 Å². The van der Waals surface area contributed by atoms with E-state index in [1.807, 2.05) is 49.5 Å². The first kappa shape index (κ1) is 18.6. The number of ether oxygens (including phenoxy) is 3. The zero-order valence-corrected chi connectivity index (χ0v) is 15.1. The van der Waals surface area contributed by atoms with Gasteiger partial charge in [-0.25, -0.2) is 0 Å². The van der Waals surface area contributed by atoms with Gasteiger partial charge in [-0.1, -0.05) is 12.1 Å². The molecule has 6 heteroatoms. The highest BCUT2D eigenvalue weighted by Gasteiger charge is 2.15. The number of benzene rings is 2. The smallest absolute Gasteiger partial charge is 0.279 e. The highest BCUT2D eigenvalue weighted by Crippen LogP contribution is 2.24. The maximum Gasteiger partial charge on any atom is 0.279 e. The molecule has 2 rings (SSSR count). The van der Waals surface area contributed by atoms with Gasteiger partial charge in [-0.3, -0.25) is 4.79 Å². The third-order valence-electron chi connectivity index (χ3n) is 3.83. The molecule has 0 aliphatic heterocycles. The summed E-state index contributed by atoms with van der Waals surface area (Å²) in [5, 5.41) is 2.89. The van der Waals surface area contributed by atoms with Crippen molar-refractivity contribution in [2.24, 2.45) is 0 Å². The minimum Gasteiger partial charge on any atom is -0.497 e. The molecular weight excluding hydrogens is 320 g/mol. The molecular formula is C19H25N2O4+. The van der Waals surface area contributed by atoms with E-state index in [1.165, 1.54) is 0 Å². The second-order valence-corrected chi connectivity index (χ2v) is 5.74. The van der Waals surface area contributed by atoms with Crippen LogP contribution in [0.1, 0.15) is 5.56 Å². The van der Waals surface area contributed by atoms with E-state index in [9.17, 15) is 4.79 Å². The van der Waals surface area contributed by atoms with Gasteiger partial charge in [-0.2, -0.15) is 0 Å². The molecule has 134 valence electrons. The second-order valence-electron chi connectivity index (χ2n) is 5.74. The minimum atomic E-state index is -0.0746. The molecule has 25 heavy (non-hydrogen) atoms. The first-order valence-corrected chi connectivity index (χ1v) is 8.02. The molecule has 0 heterocycles. The van der Waals surface area contributed by atoms with Gasteiger partial charge >= 0.3 is 0 Å². The van der Waals surface area contributed by atoms with E-state index in [2.05, 4.69) is 5.32 Å². The highest BCUT2D eigenvalue weighted by molar-refractivity contribution is 5.92. The Labute approximate surface area is 148 Å². The third-order valence-corrected chi connectivity index (χ3v) is 3.83. The van der Waals surface area contributed by atoms with Crippen LogP contribution in [0.5, 0.6) is 17.2 Å². The number of hydrogen-bond donors (Lipinski definition) is 2. The summed E-state index contributed by atoms with van der Waals surface area (Å²) in [6, 6.07) is 13.0. The van der Waals surface area contributed by atoms with E-state index in [4.69, 9.17) is 14.2 Å². The molecule has 0 aliphatic carbocycles. The standard InChI is InChI=1S/C19H24N2O4/c1-21(12-14-9-10-15(23-2)11-18(14)25-4)13-19(22)20-16-7-5-6-8-17(16)24-3/h5-11H,12-13H2,1-4H3,(H,20,22)/p+1. The van der Waals surface area contributed by atoms with Crippen LogP contribution in [0.25, 0.3) is 0 Å². The van der Waals surface area contributed by atoms with Gasteiger partial charge in [0, 0.05) is 11.6 Å².